The Hall–Kier alpha value is -1.76. The van der Waals surface area contributed by atoms with E-state index in [2.05, 4.69) is 53.3 Å². The topological polar surface area (TPSA) is 63.4 Å². The lowest BCUT2D eigenvalue weighted by molar-refractivity contribution is -0.0414. The molecule has 1 atom stereocenters. The molecule has 0 spiro atoms. The summed E-state index contributed by atoms with van der Waals surface area (Å²) in [6, 6.07) is 8.68. The summed E-state index contributed by atoms with van der Waals surface area (Å²) in [7, 11) is 1.71. The fourth-order valence-electron chi connectivity index (χ4n) is 3.45. The largest absolute Gasteiger partial charge is 0.382 e. The molecule has 1 aliphatic rings. The van der Waals surface area contributed by atoms with Gasteiger partial charge in [-0.2, -0.15) is 0 Å². The first-order chi connectivity index (χ1) is 12.0. The fourth-order valence-corrected chi connectivity index (χ4v) is 3.45. The molecule has 0 unspecified atom stereocenters. The summed E-state index contributed by atoms with van der Waals surface area (Å²) in [4.78, 5) is 2.30. The van der Waals surface area contributed by atoms with E-state index in [1.165, 1.54) is 11.1 Å². The van der Waals surface area contributed by atoms with Crippen LogP contribution in [0.2, 0.25) is 0 Å². The number of aliphatic hydroxyl groups is 1. The molecule has 1 aromatic heterocycles. The monoisotopic (exact) mass is 344 g/mol. The number of piperidine rings is 1. The van der Waals surface area contributed by atoms with Gasteiger partial charge >= 0.3 is 0 Å². The van der Waals surface area contributed by atoms with Crippen LogP contribution in [0.1, 0.15) is 49.6 Å². The van der Waals surface area contributed by atoms with Gasteiger partial charge in [0.05, 0.1) is 12.8 Å². The van der Waals surface area contributed by atoms with Gasteiger partial charge in [0.15, 0.2) is 0 Å². The average molecular weight is 344 g/mol. The Balaban J connectivity index is 1.70. The van der Waals surface area contributed by atoms with Gasteiger partial charge in [0.2, 0.25) is 0 Å². The van der Waals surface area contributed by atoms with Gasteiger partial charge in [0.25, 0.3) is 0 Å². The average Bonchev–Trinajstić information content (AvgIpc) is 3.07. The summed E-state index contributed by atoms with van der Waals surface area (Å²) in [5.74, 6) is 0. The van der Waals surface area contributed by atoms with Gasteiger partial charge in [0, 0.05) is 26.2 Å². The highest BCUT2D eigenvalue weighted by molar-refractivity contribution is 5.23. The highest BCUT2D eigenvalue weighted by Gasteiger charge is 2.37. The first-order valence-electron chi connectivity index (χ1n) is 8.94. The normalized spacial score (nSPS) is 21.8. The van der Waals surface area contributed by atoms with E-state index in [0.717, 1.165) is 25.9 Å². The molecule has 0 saturated carbocycles. The summed E-state index contributed by atoms with van der Waals surface area (Å²) in [5, 5.41) is 19.5. The van der Waals surface area contributed by atoms with Gasteiger partial charge in [-0.15, -0.1) is 5.10 Å². The summed E-state index contributed by atoms with van der Waals surface area (Å²) in [6.07, 6.45) is 3.56. The van der Waals surface area contributed by atoms with Crippen molar-refractivity contribution < 1.29 is 9.84 Å². The van der Waals surface area contributed by atoms with Gasteiger partial charge in [-0.3, -0.25) is 4.90 Å². The molecule has 6 heteroatoms. The third-order valence-corrected chi connectivity index (χ3v) is 4.77. The van der Waals surface area contributed by atoms with E-state index in [9.17, 15) is 5.11 Å². The van der Waals surface area contributed by atoms with E-state index in [4.69, 9.17) is 4.74 Å². The summed E-state index contributed by atoms with van der Waals surface area (Å²) < 4.78 is 7.02. The van der Waals surface area contributed by atoms with Crippen LogP contribution in [-0.2, 0) is 23.5 Å². The highest BCUT2D eigenvalue weighted by Crippen LogP contribution is 2.31. The van der Waals surface area contributed by atoms with Crippen LogP contribution in [-0.4, -0.2) is 45.2 Å². The van der Waals surface area contributed by atoms with Crippen LogP contribution in [0, 0.1) is 0 Å². The minimum Gasteiger partial charge on any atom is -0.382 e. The SMILES string of the molecule is COCc1cccc(CN2CCC[C@@](O)(c3cn(C(C)C)nn3)C2)c1. The molecule has 1 aromatic carbocycles. The number of methoxy groups -OCH3 is 1. The van der Waals surface area contributed by atoms with Crippen molar-refractivity contribution in [1.82, 2.24) is 19.9 Å². The molecule has 6 nitrogen and oxygen atoms in total. The molecule has 1 fully saturated rings. The Bertz CT molecular complexity index is 700. The number of likely N-dealkylation sites (tertiary alicyclic amines) is 1. The molecular formula is C19H28N4O2. The summed E-state index contributed by atoms with van der Waals surface area (Å²) in [6.45, 7) is 7.12. The third kappa shape index (κ3) is 4.26. The number of hydrogen-bond acceptors (Lipinski definition) is 5. The maximum absolute atomic E-state index is 11.1. The van der Waals surface area contributed by atoms with Crippen molar-refractivity contribution in [2.75, 3.05) is 20.2 Å². The van der Waals surface area contributed by atoms with E-state index in [-0.39, 0.29) is 6.04 Å². The molecule has 0 radical (unpaired) electrons. The molecule has 0 aliphatic carbocycles. The molecule has 1 saturated heterocycles. The Labute approximate surface area is 149 Å². The number of hydrogen-bond donors (Lipinski definition) is 1. The lowest BCUT2D eigenvalue weighted by Gasteiger charge is -2.38. The second kappa shape index (κ2) is 7.64. The molecule has 2 heterocycles. The predicted octanol–water partition coefficient (Wildman–Crippen LogP) is 2.49. The van der Waals surface area contributed by atoms with Gasteiger partial charge in [-0.1, -0.05) is 29.5 Å². The molecule has 1 N–H and O–H groups in total. The Morgan fingerprint density at radius 2 is 2.12 bits per heavy atom. The van der Waals surface area contributed by atoms with Crippen molar-refractivity contribution in [3.63, 3.8) is 0 Å². The zero-order chi connectivity index (χ0) is 17.9. The zero-order valence-electron chi connectivity index (χ0n) is 15.4. The van der Waals surface area contributed by atoms with E-state index >= 15 is 0 Å². The Kier molecular flexibility index (Phi) is 5.51. The predicted molar refractivity (Wildman–Crippen MR) is 96.0 cm³/mol. The van der Waals surface area contributed by atoms with Crippen LogP contribution in [0.25, 0.3) is 0 Å². The van der Waals surface area contributed by atoms with Gasteiger partial charge < -0.3 is 9.84 Å². The van der Waals surface area contributed by atoms with Gasteiger partial charge in [0.1, 0.15) is 11.3 Å². The van der Waals surface area contributed by atoms with Crippen LogP contribution >= 0.6 is 0 Å². The van der Waals surface area contributed by atoms with E-state index in [1.807, 2.05) is 6.20 Å². The van der Waals surface area contributed by atoms with E-state index in [0.29, 0.717) is 18.8 Å². The maximum atomic E-state index is 11.1. The lowest BCUT2D eigenvalue weighted by Crippen LogP contribution is -2.45. The van der Waals surface area contributed by atoms with Gasteiger partial charge in [-0.05, 0) is 44.4 Å². The van der Waals surface area contributed by atoms with Crippen LogP contribution in [0.3, 0.4) is 0 Å². The molecule has 2 aromatic rings. The Morgan fingerprint density at radius 3 is 2.84 bits per heavy atom. The maximum Gasteiger partial charge on any atom is 0.123 e. The summed E-state index contributed by atoms with van der Waals surface area (Å²) in [5.41, 5.74) is 2.17. The van der Waals surface area contributed by atoms with Crippen molar-refractivity contribution in [2.45, 2.75) is 51.5 Å². The van der Waals surface area contributed by atoms with Crippen molar-refractivity contribution >= 4 is 0 Å². The standard InChI is InChI=1S/C19H28N4O2/c1-15(2)23-12-18(20-21-23)19(24)8-5-9-22(14-19)11-16-6-4-7-17(10-16)13-25-3/h4,6-7,10,12,15,24H,5,8-9,11,13-14H2,1-3H3/t19-/m0/s1. The first-order valence-corrected chi connectivity index (χ1v) is 8.94. The van der Waals surface area contributed by atoms with Crippen molar-refractivity contribution in [2.24, 2.45) is 0 Å². The highest BCUT2D eigenvalue weighted by atomic mass is 16.5. The number of β-amino-alcohol motifs (C(OH)–C–C–N with tert-alkyl or cyclic N) is 1. The fraction of sp³-hybridized carbons (Fsp3) is 0.579. The molecule has 25 heavy (non-hydrogen) atoms. The second-order valence-corrected chi connectivity index (χ2v) is 7.28. The lowest BCUT2D eigenvalue weighted by atomic mass is 9.89. The number of nitrogens with zero attached hydrogens (tertiary/aromatic N) is 4. The number of aromatic nitrogens is 3. The van der Waals surface area contributed by atoms with Gasteiger partial charge in [-0.25, -0.2) is 4.68 Å². The van der Waals surface area contributed by atoms with Crippen molar-refractivity contribution in [3.05, 3.63) is 47.3 Å². The smallest absolute Gasteiger partial charge is 0.123 e. The third-order valence-electron chi connectivity index (χ3n) is 4.77. The first kappa shape index (κ1) is 18.0. The molecule has 136 valence electrons. The van der Waals surface area contributed by atoms with Crippen LogP contribution in [0.4, 0.5) is 0 Å². The minimum absolute atomic E-state index is 0.244. The van der Waals surface area contributed by atoms with Crippen LogP contribution in [0.15, 0.2) is 30.5 Å². The molecule has 0 amide bonds. The molecule has 0 bridgehead atoms. The molecule has 3 rings (SSSR count). The van der Waals surface area contributed by atoms with E-state index in [1.54, 1.807) is 11.8 Å². The van der Waals surface area contributed by atoms with Crippen LogP contribution < -0.4 is 0 Å². The molecular weight excluding hydrogens is 316 g/mol. The summed E-state index contributed by atoms with van der Waals surface area (Å²) >= 11 is 0. The van der Waals surface area contributed by atoms with E-state index < -0.39 is 5.60 Å². The molecule has 1 aliphatic heterocycles. The number of benzene rings is 1. The second-order valence-electron chi connectivity index (χ2n) is 7.28. The van der Waals surface area contributed by atoms with Crippen LogP contribution in [0.5, 0.6) is 0 Å². The number of ether oxygens (including phenoxy) is 1. The number of rotatable bonds is 6. The van der Waals surface area contributed by atoms with Crippen molar-refractivity contribution in [1.29, 1.82) is 0 Å². The zero-order valence-corrected chi connectivity index (χ0v) is 15.4. The Morgan fingerprint density at radius 1 is 1.32 bits per heavy atom. The van der Waals surface area contributed by atoms with Crippen molar-refractivity contribution in [3.8, 4) is 0 Å². The quantitative estimate of drug-likeness (QED) is 0.872. The minimum atomic E-state index is -0.921.